The summed E-state index contributed by atoms with van der Waals surface area (Å²) in [5, 5.41) is 16.5. The highest BCUT2D eigenvalue weighted by molar-refractivity contribution is 7.99. The van der Waals surface area contributed by atoms with Gasteiger partial charge in [-0.1, -0.05) is 30.3 Å². The van der Waals surface area contributed by atoms with Gasteiger partial charge in [-0.05, 0) is 48.9 Å². The molecule has 0 saturated carbocycles. The minimum absolute atomic E-state index is 0.197. The number of nitrogens with one attached hydrogen (secondary N) is 2. The van der Waals surface area contributed by atoms with Crippen LogP contribution in [0.1, 0.15) is 24.9 Å². The second-order valence-electron chi connectivity index (χ2n) is 6.14. The van der Waals surface area contributed by atoms with Crippen molar-refractivity contribution in [2.24, 2.45) is 0 Å². The predicted molar refractivity (Wildman–Crippen MR) is 100 cm³/mol. The van der Waals surface area contributed by atoms with Gasteiger partial charge >= 0.3 is 0 Å². The molecule has 0 unspecified atom stereocenters. The Labute approximate surface area is 146 Å². The fourth-order valence-corrected chi connectivity index (χ4v) is 3.95. The summed E-state index contributed by atoms with van der Waals surface area (Å²) in [7, 11) is 0. The summed E-state index contributed by atoms with van der Waals surface area (Å²) >= 11 is 1.61. The number of benzene rings is 2. The molecule has 2 aromatic carbocycles. The molecule has 1 saturated heterocycles. The third kappa shape index (κ3) is 3.91. The van der Waals surface area contributed by atoms with Crippen LogP contribution in [0.2, 0.25) is 0 Å². The van der Waals surface area contributed by atoms with E-state index in [0.717, 1.165) is 11.4 Å². The van der Waals surface area contributed by atoms with Crippen molar-refractivity contribution < 1.29 is 9.90 Å². The van der Waals surface area contributed by atoms with E-state index in [2.05, 4.69) is 29.7 Å². The molecular formula is C19H22N2O2S. The minimum Gasteiger partial charge on any atom is -0.379 e. The fourth-order valence-electron chi connectivity index (χ4n) is 2.71. The van der Waals surface area contributed by atoms with Gasteiger partial charge in [-0.15, -0.1) is 0 Å². The van der Waals surface area contributed by atoms with E-state index in [1.54, 1.807) is 11.8 Å². The molecule has 0 bridgehead atoms. The monoisotopic (exact) mass is 342 g/mol. The van der Waals surface area contributed by atoms with Crippen LogP contribution in [0.4, 0.5) is 11.4 Å². The Hall–Kier alpha value is -1.98. The second-order valence-corrected chi connectivity index (χ2v) is 7.25. The number of amides is 1. The molecule has 1 heterocycles. The van der Waals surface area contributed by atoms with Crippen molar-refractivity contribution in [1.82, 2.24) is 0 Å². The first-order valence-electron chi connectivity index (χ1n) is 8.10. The van der Waals surface area contributed by atoms with Crippen molar-refractivity contribution in [3.8, 4) is 0 Å². The zero-order valence-electron chi connectivity index (χ0n) is 13.7. The lowest BCUT2D eigenvalue weighted by Gasteiger charge is -2.20. The van der Waals surface area contributed by atoms with Gasteiger partial charge in [0.2, 0.25) is 0 Å². The van der Waals surface area contributed by atoms with E-state index < -0.39 is 5.60 Å². The maximum Gasteiger partial charge on any atom is 0.257 e. The number of rotatable bonds is 5. The van der Waals surface area contributed by atoms with Crippen LogP contribution in [0.3, 0.4) is 0 Å². The average molecular weight is 342 g/mol. The maximum absolute atomic E-state index is 12.2. The molecule has 2 aromatic rings. The second kappa shape index (κ2) is 7.28. The molecule has 1 fully saturated rings. The van der Waals surface area contributed by atoms with E-state index >= 15 is 0 Å². The predicted octanol–water partition coefficient (Wildman–Crippen LogP) is 3.67. The van der Waals surface area contributed by atoms with Crippen molar-refractivity contribution in [3.63, 3.8) is 0 Å². The fraction of sp³-hybridized carbons (Fsp3) is 0.316. The van der Waals surface area contributed by atoms with E-state index in [-0.39, 0.29) is 11.9 Å². The standard InChI is InChI=1S/C19H22N2O2S/c1-14(15-5-3-2-4-6-15)20-16-7-9-17(10-8-16)21-18(22)19(23)11-12-24-13-19/h2-10,14,20,23H,11-13H2,1H3,(H,21,22)/t14-,19+/m0/s1. The highest BCUT2D eigenvalue weighted by atomic mass is 32.2. The van der Waals surface area contributed by atoms with Crippen molar-refractivity contribution in [2.75, 3.05) is 22.1 Å². The number of hydrogen-bond acceptors (Lipinski definition) is 4. The molecule has 1 amide bonds. The molecule has 2 atom stereocenters. The van der Waals surface area contributed by atoms with Crippen LogP contribution in [-0.4, -0.2) is 28.1 Å². The van der Waals surface area contributed by atoms with Gasteiger partial charge < -0.3 is 15.7 Å². The molecule has 3 rings (SSSR count). The molecule has 0 aliphatic carbocycles. The number of carbonyl (C=O) groups excluding carboxylic acids is 1. The van der Waals surface area contributed by atoms with Gasteiger partial charge in [-0.2, -0.15) is 11.8 Å². The maximum atomic E-state index is 12.2. The minimum atomic E-state index is -1.23. The van der Waals surface area contributed by atoms with Crippen LogP contribution < -0.4 is 10.6 Å². The van der Waals surface area contributed by atoms with Gasteiger partial charge in [-0.25, -0.2) is 0 Å². The molecule has 0 aromatic heterocycles. The van der Waals surface area contributed by atoms with Crippen molar-refractivity contribution in [1.29, 1.82) is 0 Å². The van der Waals surface area contributed by atoms with Gasteiger partial charge in [0.15, 0.2) is 5.60 Å². The van der Waals surface area contributed by atoms with Gasteiger partial charge in [-0.3, -0.25) is 4.79 Å². The number of thioether (sulfide) groups is 1. The molecule has 0 radical (unpaired) electrons. The van der Waals surface area contributed by atoms with Crippen LogP contribution in [0.15, 0.2) is 54.6 Å². The third-order valence-corrected chi connectivity index (χ3v) is 5.42. The number of hydrogen-bond donors (Lipinski definition) is 3. The van der Waals surface area contributed by atoms with Crippen LogP contribution in [-0.2, 0) is 4.79 Å². The lowest BCUT2D eigenvalue weighted by molar-refractivity contribution is -0.131. The Bertz CT molecular complexity index is 682. The smallest absolute Gasteiger partial charge is 0.257 e. The Kier molecular flexibility index (Phi) is 5.11. The largest absolute Gasteiger partial charge is 0.379 e. The molecule has 3 N–H and O–H groups in total. The first-order chi connectivity index (χ1) is 11.6. The summed E-state index contributed by atoms with van der Waals surface area (Å²) in [4.78, 5) is 12.2. The van der Waals surface area contributed by atoms with E-state index in [9.17, 15) is 9.90 Å². The molecule has 1 aliphatic rings. The van der Waals surface area contributed by atoms with E-state index in [0.29, 0.717) is 17.9 Å². The highest BCUT2D eigenvalue weighted by Gasteiger charge is 2.39. The summed E-state index contributed by atoms with van der Waals surface area (Å²) in [5.74, 6) is 0.975. The topological polar surface area (TPSA) is 61.4 Å². The Balaban J connectivity index is 1.60. The zero-order valence-corrected chi connectivity index (χ0v) is 14.5. The molecular weight excluding hydrogens is 320 g/mol. The normalized spacial score (nSPS) is 21.2. The lowest BCUT2D eigenvalue weighted by atomic mass is 10.0. The van der Waals surface area contributed by atoms with Gasteiger partial charge in [0.25, 0.3) is 5.91 Å². The summed E-state index contributed by atoms with van der Waals surface area (Å²) in [6.45, 7) is 2.11. The Morgan fingerprint density at radius 1 is 1.12 bits per heavy atom. The van der Waals surface area contributed by atoms with Gasteiger partial charge in [0, 0.05) is 23.2 Å². The van der Waals surface area contributed by atoms with Gasteiger partial charge in [0.1, 0.15) is 0 Å². The van der Waals surface area contributed by atoms with Gasteiger partial charge in [0.05, 0.1) is 0 Å². The summed E-state index contributed by atoms with van der Waals surface area (Å²) in [5.41, 5.74) is 1.67. The quantitative estimate of drug-likeness (QED) is 0.776. The SMILES string of the molecule is C[C@H](Nc1ccc(NC(=O)[C@@]2(O)CCSC2)cc1)c1ccccc1. The molecule has 126 valence electrons. The molecule has 4 nitrogen and oxygen atoms in total. The lowest BCUT2D eigenvalue weighted by Crippen LogP contribution is -2.42. The van der Waals surface area contributed by atoms with Crippen LogP contribution in [0.5, 0.6) is 0 Å². The molecule has 5 heteroatoms. The van der Waals surface area contributed by atoms with Crippen LogP contribution >= 0.6 is 11.8 Å². The van der Waals surface area contributed by atoms with Crippen LogP contribution in [0.25, 0.3) is 0 Å². The average Bonchev–Trinajstić information content (AvgIpc) is 3.05. The Morgan fingerprint density at radius 3 is 2.42 bits per heavy atom. The first kappa shape index (κ1) is 16.9. The van der Waals surface area contributed by atoms with E-state index in [1.165, 1.54) is 5.56 Å². The number of carbonyl (C=O) groups is 1. The van der Waals surface area contributed by atoms with Crippen LogP contribution in [0, 0.1) is 0 Å². The summed E-state index contributed by atoms with van der Waals surface area (Å²) < 4.78 is 0. The summed E-state index contributed by atoms with van der Waals surface area (Å²) in [6, 6.07) is 18.0. The Morgan fingerprint density at radius 2 is 1.79 bits per heavy atom. The van der Waals surface area contributed by atoms with E-state index in [1.807, 2.05) is 42.5 Å². The highest BCUT2D eigenvalue weighted by Crippen LogP contribution is 2.29. The summed E-state index contributed by atoms with van der Waals surface area (Å²) in [6.07, 6.45) is 0.512. The van der Waals surface area contributed by atoms with Crippen molar-refractivity contribution >= 4 is 29.0 Å². The number of aliphatic hydroxyl groups is 1. The number of anilines is 2. The van der Waals surface area contributed by atoms with Crippen molar-refractivity contribution in [2.45, 2.75) is 25.0 Å². The molecule has 0 spiro atoms. The van der Waals surface area contributed by atoms with Crippen molar-refractivity contribution in [3.05, 3.63) is 60.2 Å². The molecule has 24 heavy (non-hydrogen) atoms. The zero-order chi connectivity index (χ0) is 17.0. The third-order valence-electron chi connectivity index (χ3n) is 4.25. The van der Waals surface area contributed by atoms with E-state index in [4.69, 9.17) is 0 Å². The first-order valence-corrected chi connectivity index (χ1v) is 9.25. The molecule has 1 aliphatic heterocycles.